The van der Waals surface area contributed by atoms with Gasteiger partial charge in [-0.15, -0.1) is 0 Å². The molecule has 5 heteroatoms. The fourth-order valence-corrected chi connectivity index (χ4v) is 1.74. The predicted molar refractivity (Wildman–Crippen MR) is 84.9 cm³/mol. The number of anilines is 4. The van der Waals surface area contributed by atoms with Crippen LogP contribution in [0.1, 0.15) is 13.3 Å². The van der Waals surface area contributed by atoms with Crippen molar-refractivity contribution >= 4 is 23.1 Å². The van der Waals surface area contributed by atoms with Gasteiger partial charge in [-0.1, -0.05) is 6.92 Å². The first-order chi connectivity index (χ1) is 9.69. The van der Waals surface area contributed by atoms with Gasteiger partial charge in [-0.3, -0.25) is 0 Å². The molecule has 1 aromatic carbocycles. The molecule has 2 N–H and O–H groups in total. The maximum absolute atomic E-state index is 4.42. The summed E-state index contributed by atoms with van der Waals surface area (Å²) in [6.07, 6.45) is 2.80. The second-order valence-electron chi connectivity index (χ2n) is 4.76. The van der Waals surface area contributed by atoms with Crippen LogP contribution in [-0.4, -0.2) is 30.6 Å². The van der Waals surface area contributed by atoms with E-state index in [-0.39, 0.29) is 0 Å². The van der Waals surface area contributed by atoms with E-state index in [9.17, 15) is 0 Å². The Hall–Kier alpha value is -2.30. The molecule has 2 aromatic rings. The zero-order valence-electron chi connectivity index (χ0n) is 12.2. The summed E-state index contributed by atoms with van der Waals surface area (Å²) in [4.78, 5) is 10.7. The second kappa shape index (κ2) is 6.75. The van der Waals surface area contributed by atoms with Crippen molar-refractivity contribution in [2.24, 2.45) is 0 Å². The summed E-state index contributed by atoms with van der Waals surface area (Å²) >= 11 is 0. The van der Waals surface area contributed by atoms with Crippen LogP contribution in [0.2, 0.25) is 0 Å². The van der Waals surface area contributed by atoms with Crippen molar-refractivity contribution in [3.05, 3.63) is 36.5 Å². The largest absolute Gasteiger partial charge is 0.378 e. The van der Waals surface area contributed by atoms with Gasteiger partial charge in [0.2, 0.25) is 5.95 Å². The van der Waals surface area contributed by atoms with Crippen LogP contribution in [0.5, 0.6) is 0 Å². The SMILES string of the molecule is CCCNc1nccc(Nc2ccc(N(C)C)cc2)n1. The number of hydrogen-bond donors (Lipinski definition) is 2. The van der Waals surface area contributed by atoms with E-state index in [0.29, 0.717) is 5.95 Å². The van der Waals surface area contributed by atoms with Crippen LogP contribution in [0.15, 0.2) is 36.5 Å². The molecule has 0 aliphatic carbocycles. The van der Waals surface area contributed by atoms with Crippen molar-refractivity contribution in [2.45, 2.75) is 13.3 Å². The number of aromatic nitrogens is 2. The highest BCUT2D eigenvalue weighted by Gasteiger charge is 2.00. The average molecular weight is 271 g/mol. The maximum atomic E-state index is 4.42. The fraction of sp³-hybridized carbons (Fsp3) is 0.333. The summed E-state index contributed by atoms with van der Waals surface area (Å²) in [7, 11) is 4.05. The summed E-state index contributed by atoms with van der Waals surface area (Å²) < 4.78 is 0. The van der Waals surface area contributed by atoms with Gasteiger partial charge in [-0.2, -0.15) is 4.98 Å². The molecule has 106 valence electrons. The first kappa shape index (κ1) is 14.1. The molecule has 0 atom stereocenters. The lowest BCUT2D eigenvalue weighted by Gasteiger charge is -2.13. The molecular weight excluding hydrogens is 250 g/mol. The molecule has 0 bridgehead atoms. The van der Waals surface area contributed by atoms with Crippen LogP contribution in [-0.2, 0) is 0 Å². The molecule has 0 amide bonds. The van der Waals surface area contributed by atoms with E-state index >= 15 is 0 Å². The number of benzene rings is 1. The summed E-state index contributed by atoms with van der Waals surface area (Å²) in [6, 6.07) is 10.1. The highest BCUT2D eigenvalue weighted by atomic mass is 15.1. The Kier molecular flexibility index (Phi) is 4.76. The zero-order chi connectivity index (χ0) is 14.4. The Labute approximate surface area is 120 Å². The Balaban J connectivity index is 2.05. The molecule has 0 spiro atoms. The van der Waals surface area contributed by atoms with Crippen LogP contribution in [0, 0.1) is 0 Å². The molecule has 1 aromatic heterocycles. The number of hydrogen-bond acceptors (Lipinski definition) is 5. The molecule has 2 rings (SSSR count). The van der Waals surface area contributed by atoms with Gasteiger partial charge in [-0.25, -0.2) is 4.98 Å². The topological polar surface area (TPSA) is 53.1 Å². The third-order valence-electron chi connectivity index (χ3n) is 2.84. The molecule has 0 aliphatic heterocycles. The molecule has 1 heterocycles. The molecule has 0 radical (unpaired) electrons. The Bertz CT molecular complexity index is 536. The summed E-state index contributed by atoms with van der Waals surface area (Å²) in [5, 5.41) is 6.45. The molecular formula is C15H21N5. The van der Waals surface area contributed by atoms with Crippen LogP contribution in [0.25, 0.3) is 0 Å². The van der Waals surface area contributed by atoms with E-state index in [1.54, 1.807) is 6.20 Å². The highest BCUT2D eigenvalue weighted by molar-refractivity contribution is 5.60. The smallest absolute Gasteiger partial charge is 0.224 e. The lowest BCUT2D eigenvalue weighted by molar-refractivity contribution is 0.953. The van der Waals surface area contributed by atoms with E-state index in [1.165, 1.54) is 5.69 Å². The van der Waals surface area contributed by atoms with E-state index < -0.39 is 0 Å². The molecule has 0 saturated carbocycles. The van der Waals surface area contributed by atoms with E-state index in [2.05, 4.69) is 44.6 Å². The Morgan fingerprint density at radius 3 is 2.50 bits per heavy atom. The third-order valence-corrected chi connectivity index (χ3v) is 2.84. The quantitative estimate of drug-likeness (QED) is 0.845. The maximum Gasteiger partial charge on any atom is 0.224 e. The van der Waals surface area contributed by atoms with Gasteiger partial charge in [0.05, 0.1) is 0 Å². The van der Waals surface area contributed by atoms with Gasteiger partial charge >= 0.3 is 0 Å². The number of nitrogens with one attached hydrogen (secondary N) is 2. The van der Waals surface area contributed by atoms with Gasteiger partial charge in [0.1, 0.15) is 5.82 Å². The monoisotopic (exact) mass is 271 g/mol. The Morgan fingerprint density at radius 2 is 1.85 bits per heavy atom. The Morgan fingerprint density at radius 1 is 1.10 bits per heavy atom. The fourth-order valence-electron chi connectivity index (χ4n) is 1.74. The van der Waals surface area contributed by atoms with E-state index in [4.69, 9.17) is 0 Å². The standard InChI is InChI=1S/C15H21N5/c1-4-10-16-15-17-11-9-14(19-15)18-12-5-7-13(8-6-12)20(2)3/h5-9,11H,4,10H2,1-3H3,(H2,16,17,18,19). The summed E-state index contributed by atoms with van der Waals surface area (Å²) in [6.45, 7) is 2.99. The lowest BCUT2D eigenvalue weighted by Crippen LogP contribution is -2.08. The minimum atomic E-state index is 0.654. The van der Waals surface area contributed by atoms with E-state index in [1.807, 2.05) is 32.3 Å². The molecule has 20 heavy (non-hydrogen) atoms. The van der Waals surface area contributed by atoms with Crippen molar-refractivity contribution in [1.82, 2.24) is 9.97 Å². The van der Waals surface area contributed by atoms with Crippen LogP contribution in [0.4, 0.5) is 23.1 Å². The van der Waals surface area contributed by atoms with Gasteiger partial charge in [0, 0.05) is 38.2 Å². The molecule has 0 aliphatic rings. The number of nitrogens with zero attached hydrogens (tertiary/aromatic N) is 3. The zero-order valence-corrected chi connectivity index (χ0v) is 12.2. The average Bonchev–Trinajstić information content (AvgIpc) is 2.46. The summed E-state index contributed by atoms with van der Waals surface area (Å²) in [5.41, 5.74) is 2.18. The normalized spacial score (nSPS) is 10.2. The first-order valence-electron chi connectivity index (χ1n) is 6.80. The predicted octanol–water partition coefficient (Wildman–Crippen LogP) is 3.11. The van der Waals surface area contributed by atoms with Gasteiger partial charge in [-0.05, 0) is 36.8 Å². The van der Waals surface area contributed by atoms with Crippen LogP contribution in [0.3, 0.4) is 0 Å². The number of rotatable bonds is 6. The molecule has 0 saturated heterocycles. The van der Waals surface area contributed by atoms with Gasteiger partial charge < -0.3 is 15.5 Å². The first-order valence-corrected chi connectivity index (χ1v) is 6.80. The van der Waals surface area contributed by atoms with Crippen molar-refractivity contribution in [2.75, 3.05) is 36.2 Å². The second-order valence-corrected chi connectivity index (χ2v) is 4.76. The highest BCUT2D eigenvalue weighted by Crippen LogP contribution is 2.19. The van der Waals surface area contributed by atoms with Crippen LogP contribution < -0.4 is 15.5 Å². The minimum Gasteiger partial charge on any atom is -0.378 e. The van der Waals surface area contributed by atoms with Gasteiger partial charge in [0.15, 0.2) is 0 Å². The molecule has 0 unspecified atom stereocenters. The third kappa shape index (κ3) is 3.85. The van der Waals surface area contributed by atoms with E-state index in [0.717, 1.165) is 24.5 Å². The van der Waals surface area contributed by atoms with Crippen molar-refractivity contribution in [3.8, 4) is 0 Å². The minimum absolute atomic E-state index is 0.654. The lowest BCUT2D eigenvalue weighted by atomic mass is 10.2. The van der Waals surface area contributed by atoms with Crippen molar-refractivity contribution < 1.29 is 0 Å². The van der Waals surface area contributed by atoms with Crippen molar-refractivity contribution in [3.63, 3.8) is 0 Å². The van der Waals surface area contributed by atoms with Gasteiger partial charge in [0.25, 0.3) is 0 Å². The molecule has 0 fully saturated rings. The summed E-state index contributed by atoms with van der Waals surface area (Å²) in [5.74, 6) is 1.44. The van der Waals surface area contributed by atoms with Crippen LogP contribution >= 0.6 is 0 Å². The van der Waals surface area contributed by atoms with Crippen molar-refractivity contribution in [1.29, 1.82) is 0 Å². The molecule has 5 nitrogen and oxygen atoms in total.